The van der Waals surface area contributed by atoms with Crippen LogP contribution in [0, 0.1) is 17.0 Å². The van der Waals surface area contributed by atoms with Crippen molar-refractivity contribution in [2.45, 2.75) is 20.0 Å². The highest BCUT2D eigenvalue weighted by Crippen LogP contribution is 2.21. The van der Waals surface area contributed by atoms with Gasteiger partial charge in [-0.1, -0.05) is 18.2 Å². The lowest BCUT2D eigenvalue weighted by atomic mass is 10.1. The standard InChI is InChI=1S/C19H18F2N2O6/c1-12-15(3-2-4-16(12)23(26)27)18(25)28-11-17(24)22-10-9-13-5-7-14(8-6-13)29-19(20)21/h2-8,19H,9-11H2,1H3,(H,22,24). The van der Waals surface area contributed by atoms with Gasteiger partial charge in [-0.2, -0.15) is 8.78 Å². The van der Waals surface area contributed by atoms with Crippen molar-refractivity contribution >= 4 is 17.6 Å². The Morgan fingerprint density at radius 1 is 1.17 bits per heavy atom. The van der Waals surface area contributed by atoms with Crippen LogP contribution < -0.4 is 10.1 Å². The van der Waals surface area contributed by atoms with Crippen molar-refractivity contribution in [1.29, 1.82) is 0 Å². The number of nitro groups is 1. The molecular formula is C19H18F2N2O6. The predicted molar refractivity (Wildman–Crippen MR) is 97.9 cm³/mol. The summed E-state index contributed by atoms with van der Waals surface area (Å²) < 4.78 is 33.3. The van der Waals surface area contributed by atoms with E-state index >= 15 is 0 Å². The Bertz CT molecular complexity index is 887. The molecule has 0 atom stereocenters. The van der Waals surface area contributed by atoms with Gasteiger partial charge in [0.15, 0.2) is 6.61 Å². The molecule has 2 aromatic carbocycles. The second-order valence-electron chi connectivity index (χ2n) is 5.91. The normalized spacial score (nSPS) is 10.5. The maximum absolute atomic E-state index is 12.1. The minimum absolute atomic E-state index is 0.0121. The third-order valence-electron chi connectivity index (χ3n) is 3.94. The molecule has 0 aromatic heterocycles. The molecule has 29 heavy (non-hydrogen) atoms. The van der Waals surface area contributed by atoms with Crippen molar-refractivity contribution in [3.63, 3.8) is 0 Å². The van der Waals surface area contributed by atoms with E-state index in [-0.39, 0.29) is 29.1 Å². The van der Waals surface area contributed by atoms with Gasteiger partial charge < -0.3 is 14.8 Å². The fraction of sp³-hybridized carbons (Fsp3) is 0.263. The van der Waals surface area contributed by atoms with Crippen LogP contribution in [0.5, 0.6) is 5.75 Å². The molecule has 0 spiro atoms. The number of ether oxygens (including phenoxy) is 2. The second-order valence-corrected chi connectivity index (χ2v) is 5.91. The molecule has 10 heteroatoms. The first-order valence-corrected chi connectivity index (χ1v) is 8.49. The number of hydrogen-bond acceptors (Lipinski definition) is 6. The van der Waals surface area contributed by atoms with Crippen molar-refractivity contribution in [1.82, 2.24) is 5.32 Å². The topological polar surface area (TPSA) is 108 Å². The zero-order valence-corrected chi connectivity index (χ0v) is 15.4. The second kappa shape index (κ2) is 10.1. The zero-order valence-electron chi connectivity index (χ0n) is 15.4. The van der Waals surface area contributed by atoms with E-state index in [4.69, 9.17) is 4.74 Å². The lowest BCUT2D eigenvalue weighted by Crippen LogP contribution is -2.30. The molecule has 0 radical (unpaired) electrons. The minimum atomic E-state index is -2.89. The number of hydrogen-bond donors (Lipinski definition) is 1. The monoisotopic (exact) mass is 408 g/mol. The van der Waals surface area contributed by atoms with Crippen LogP contribution in [-0.2, 0) is 16.0 Å². The zero-order chi connectivity index (χ0) is 21.4. The molecular weight excluding hydrogens is 390 g/mol. The molecule has 8 nitrogen and oxygen atoms in total. The number of amides is 1. The third-order valence-corrected chi connectivity index (χ3v) is 3.94. The van der Waals surface area contributed by atoms with Crippen LogP contribution in [0.15, 0.2) is 42.5 Å². The highest BCUT2D eigenvalue weighted by atomic mass is 19.3. The van der Waals surface area contributed by atoms with Crippen LogP contribution >= 0.6 is 0 Å². The summed E-state index contributed by atoms with van der Waals surface area (Å²) in [6, 6.07) is 9.98. The van der Waals surface area contributed by atoms with E-state index in [0.29, 0.717) is 6.42 Å². The summed E-state index contributed by atoms with van der Waals surface area (Å²) in [6.45, 7) is -1.77. The summed E-state index contributed by atoms with van der Waals surface area (Å²) in [6.07, 6.45) is 0.429. The molecule has 0 saturated heterocycles. The number of carbonyl (C=O) groups excluding carboxylic acids is 2. The lowest BCUT2D eigenvalue weighted by Gasteiger charge is -2.09. The molecule has 2 aromatic rings. The Morgan fingerprint density at radius 3 is 2.48 bits per heavy atom. The quantitative estimate of drug-likeness (QED) is 0.388. The van der Waals surface area contributed by atoms with Gasteiger partial charge in [0.1, 0.15) is 5.75 Å². The van der Waals surface area contributed by atoms with Crippen molar-refractivity contribution in [2.75, 3.05) is 13.2 Å². The highest BCUT2D eigenvalue weighted by molar-refractivity contribution is 5.93. The van der Waals surface area contributed by atoms with E-state index < -0.39 is 30.0 Å². The SMILES string of the molecule is Cc1c(C(=O)OCC(=O)NCCc2ccc(OC(F)F)cc2)cccc1[N+](=O)[O-]. The van der Waals surface area contributed by atoms with Crippen LogP contribution in [-0.4, -0.2) is 36.6 Å². The van der Waals surface area contributed by atoms with Crippen LogP contribution in [0.1, 0.15) is 21.5 Å². The molecule has 0 aliphatic rings. The molecule has 0 heterocycles. The number of halogens is 2. The molecule has 154 valence electrons. The largest absolute Gasteiger partial charge is 0.452 e. The number of nitrogens with zero attached hydrogens (tertiary/aromatic N) is 1. The minimum Gasteiger partial charge on any atom is -0.452 e. The Morgan fingerprint density at radius 2 is 1.86 bits per heavy atom. The van der Waals surface area contributed by atoms with Gasteiger partial charge in [-0.15, -0.1) is 0 Å². The summed E-state index contributed by atoms with van der Waals surface area (Å²) in [5.74, 6) is -1.34. The number of carbonyl (C=O) groups is 2. The van der Waals surface area contributed by atoms with Crippen molar-refractivity contribution in [3.05, 3.63) is 69.3 Å². The van der Waals surface area contributed by atoms with E-state index in [9.17, 15) is 28.5 Å². The smallest absolute Gasteiger partial charge is 0.387 e. The van der Waals surface area contributed by atoms with Gasteiger partial charge in [0, 0.05) is 18.2 Å². The number of esters is 1. The first-order chi connectivity index (χ1) is 13.8. The number of nitrogens with one attached hydrogen (secondary N) is 1. The number of nitro benzene ring substituents is 1. The summed E-state index contributed by atoms with van der Waals surface area (Å²) in [4.78, 5) is 34.2. The van der Waals surface area contributed by atoms with Gasteiger partial charge in [0.2, 0.25) is 0 Å². The maximum Gasteiger partial charge on any atom is 0.387 e. The first kappa shape index (κ1) is 21.7. The summed E-state index contributed by atoms with van der Waals surface area (Å²) >= 11 is 0. The number of rotatable bonds is 9. The molecule has 1 N–H and O–H groups in total. The van der Waals surface area contributed by atoms with Crippen LogP contribution in [0.25, 0.3) is 0 Å². The maximum atomic E-state index is 12.1. The Balaban J connectivity index is 1.78. The number of alkyl halides is 2. The van der Waals surface area contributed by atoms with E-state index in [1.54, 1.807) is 12.1 Å². The molecule has 0 unspecified atom stereocenters. The Kier molecular flexibility index (Phi) is 7.58. The van der Waals surface area contributed by atoms with E-state index in [1.807, 2.05) is 0 Å². The first-order valence-electron chi connectivity index (χ1n) is 8.49. The summed E-state index contributed by atoms with van der Waals surface area (Å²) in [5, 5.41) is 13.5. The van der Waals surface area contributed by atoms with Crippen LogP contribution in [0.3, 0.4) is 0 Å². The molecule has 0 aliphatic heterocycles. The summed E-state index contributed by atoms with van der Waals surface area (Å²) in [7, 11) is 0. The van der Waals surface area contributed by atoms with Crippen molar-refractivity contribution < 1.29 is 32.8 Å². The van der Waals surface area contributed by atoms with Crippen molar-refractivity contribution in [3.8, 4) is 5.75 Å². The van der Waals surface area contributed by atoms with Gasteiger partial charge in [-0.3, -0.25) is 14.9 Å². The fourth-order valence-electron chi connectivity index (χ4n) is 2.49. The van der Waals surface area contributed by atoms with E-state index in [2.05, 4.69) is 10.1 Å². The molecule has 0 bridgehead atoms. The van der Waals surface area contributed by atoms with E-state index in [1.165, 1.54) is 37.3 Å². The van der Waals surface area contributed by atoms with Crippen LogP contribution in [0.4, 0.5) is 14.5 Å². The molecule has 0 fully saturated rings. The van der Waals surface area contributed by atoms with Gasteiger partial charge in [-0.25, -0.2) is 4.79 Å². The Labute approximate surface area is 164 Å². The molecule has 2 rings (SSSR count). The fourth-order valence-corrected chi connectivity index (χ4v) is 2.49. The van der Waals surface area contributed by atoms with Gasteiger partial charge in [0.25, 0.3) is 11.6 Å². The average molecular weight is 408 g/mol. The van der Waals surface area contributed by atoms with Crippen LogP contribution in [0.2, 0.25) is 0 Å². The predicted octanol–water partition coefficient (Wildman–Crippen LogP) is 3.02. The van der Waals surface area contributed by atoms with E-state index in [0.717, 1.165) is 5.56 Å². The average Bonchev–Trinajstić information content (AvgIpc) is 2.67. The van der Waals surface area contributed by atoms with Gasteiger partial charge >= 0.3 is 12.6 Å². The third kappa shape index (κ3) is 6.52. The van der Waals surface area contributed by atoms with Gasteiger partial charge in [-0.05, 0) is 37.1 Å². The molecule has 0 aliphatic carbocycles. The van der Waals surface area contributed by atoms with Crippen molar-refractivity contribution in [2.24, 2.45) is 0 Å². The molecule has 0 saturated carbocycles. The molecule has 1 amide bonds. The lowest BCUT2D eigenvalue weighted by molar-refractivity contribution is -0.385. The Hall–Kier alpha value is -3.56. The van der Waals surface area contributed by atoms with Gasteiger partial charge in [0.05, 0.1) is 10.5 Å². The number of benzene rings is 2. The highest BCUT2D eigenvalue weighted by Gasteiger charge is 2.19. The summed E-state index contributed by atoms with van der Waals surface area (Å²) in [5.41, 5.74) is 0.741.